The van der Waals surface area contributed by atoms with Gasteiger partial charge in [0.25, 0.3) is 5.91 Å². The second kappa shape index (κ2) is 7.16. The Morgan fingerprint density at radius 3 is 2.60 bits per heavy atom. The largest absolute Gasteiger partial charge is 0.354 e. The highest BCUT2D eigenvalue weighted by Gasteiger charge is 2.18. The summed E-state index contributed by atoms with van der Waals surface area (Å²) in [5.41, 5.74) is 5.87. The fraction of sp³-hybridized carbons (Fsp3) is 0.615. The number of carbonyl (C=O) groups is 1. The number of carbonyl (C=O) groups excluding carboxylic acids is 1. The maximum atomic E-state index is 11.4. The van der Waals surface area contributed by atoms with Gasteiger partial charge in [-0.2, -0.15) is 0 Å². The molecule has 1 amide bonds. The molecule has 2 heterocycles. The number of nitrogens with one attached hydrogen (secondary N) is 1. The fourth-order valence-corrected chi connectivity index (χ4v) is 2.26. The van der Waals surface area contributed by atoms with E-state index in [0.717, 1.165) is 51.5 Å². The van der Waals surface area contributed by atoms with E-state index in [9.17, 15) is 4.79 Å². The number of amides is 1. The molecule has 3 N–H and O–H groups in total. The van der Waals surface area contributed by atoms with Gasteiger partial charge in [0.2, 0.25) is 0 Å². The molecule has 110 valence electrons. The molecule has 0 aromatic carbocycles. The molecule has 0 saturated carbocycles. The first kappa shape index (κ1) is 14.7. The van der Waals surface area contributed by atoms with Crippen LogP contribution in [0, 0.1) is 0 Å². The van der Waals surface area contributed by atoms with Gasteiger partial charge in [-0.3, -0.25) is 9.69 Å². The Bertz CT molecular complexity index is 427. The molecule has 20 heavy (non-hydrogen) atoms. The third kappa shape index (κ3) is 3.64. The minimum atomic E-state index is -0.212. The van der Waals surface area contributed by atoms with Crippen LogP contribution in [0.15, 0.2) is 12.1 Å². The predicted octanol–water partition coefficient (Wildman–Crippen LogP) is -0.693. The van der Waals surface area contributed by atoms with Gasteiger partial charge in [0.1, 0.15) is 0 Å². The summed E-state index contributed by atoms with van der Waals surface area (Å²) in [6.07, 6.45) is 1.04. The van der Waals surface area contributed by atoms with E-state index in [1.165, 1.54) is 0 Å². The molecule has 1 aromatic rings. The average molecular weight is 278 g/mol. The van der Waals surface area contributed by atoms with Crippen molar-refractivity contribution in [2.75, 3.05) is 51.2 Å². The predicted molar refractivity (Wildman–Crippen MR) is 77.7 cm³/mol. The third-order valence-electron chi connectivity index (χ3n) is 3.48. The van der Waals surface area contributed by atoms with Crippen molar-refractivity contribution in [3.8, 4) is 0 Å². The van der Waals surface area contributed by atoms with Crippen LogP contribution in [0.25, 0.3) is 0 Å². The molecule has 1 aromatic heterocycles. The van der Waals surface area contributed by atoms with E-state index in [0.29, 0.717) is 5.69 Å². The number of hydrogen-bond donors (Lipinski definition) is 2. The number of hydrogen-bond acceptors (Lipinski definition) is 6. The summed E-state index contributed by atoms with van der Waals surface area (Å²) in [7, 11) is 1.58. The Morgan fingerprint density at radius 1 is 1.30 bits per heavy atom. The molecule has 7 heteroatoms. The SMILES string of the molecule is CNC(=O)c1ccc(N2CCN(CCCN)CC2)nn1. The van der Waals surface area contributed by atoms with Crippen molar-refractivity contribution >= 4 is 11.7 Å². The molecule has 7 nitrogen and oxygen atoms in total. The zero-order chi connectivity index (χ0) is 14.4. The smallest absolute Gasteiger partial charge is 0.271 e. The minimum Gasteiger partial charge on any atom is -0.354 e. The molecule has 0 atom stereocenters. The van der Waals surface area contributed by atoms with Crippen LogP contribution < -0.4 is 16.0 Å². The van der Waals surface area contributed by atoms with Gasteiger partial charge in [0.15, 0.2) is 11.5 Å². The number of nitrogens with zero attached hydrogens (tertiary/aromatic N) is 4. The van der Waals surface area contributed by atoms with Crippen molar-refractivity contribution in [2.24, 2.45) is 5.73 Å². The van der Waals surface area contributed by atoms with Gasteiger partial charge < -0.3 is 16.0 Å². The maximum Gasteiger partial charge on any atom is 0.271 e. The molecule has 1 aliphatic heterocycles. The van der Waals surface area contributed by atoms with E-state index in [2.05, 4.69) is 25.3 Å². The highest BCUT2D eigenvalue weighted by atomic mass is 16.1. The van der Waals surface area contributed by atoms with E-state index >= 15 is 0 Å². The first-order chi connectivity index (χ1) is 9.74. The van der Waals surface area contributed by atoms with Crippen molar-refractivity contribution in [1.82, 2.24) is 20.4 Å². The Kier molecular flexibility index (Phi) is 5.25. The minimum absolute atomic E-state index is 0.212. The van der Waals surface area contributed by atoms with E-state index in [1.54, 1.807) is 13.1 Å². The van der Waals surface area contributed by atoms with Gasteiger partial charge >= 0.3 is 0 Å². The van der Waals surface area contributed by atoms with Crippen molar-refractivity contribution in [3.63, 3.8) is 0 Å². The zero-order valence-electron chi connectivity index (χ0n) is 11.9. The molecule has 0 spiro atoms. The number of rotatable bonds is 5. The molecule has 0 aliphatic carbocycles. The average Bonchev–Trinajstić information content (AvgIpc) is 2.53. The van der Waals surface area contributed by atoms with E-state index in [1.807, 2.05) is 6.07 Å². The molecule has 0 bridgehead atoms. The monoisotopic (exact) mass is 278 g/mol. The van der Waals surface area contributed by atoms with Crippen LogP contribution >= 0.6 is 0 Å². The first-order valence-corrected chi connectivity index (χ1v) is 6.98. The van der Waals surface area contributed by atoms with Crippen LogP contribution in [0.1, 0.15) is 16.9 Å². The lowest BCUT2D eigenvalue weighted by atomic mass is 10.2. The molecule has 2 rings (SSSR count). The lowest BCUT2D eigenvalue weighted by molar-refractivity contribution is 0.0957. The van der Waals surface area contributed by atoms with Crippen molar-refractivity contribution in [2.45, 2.75) is 6.42 Å². The van der Waals surface area contributed by atoms with Crippen LogP contribution in [0.2, 0.25) is 0 Å². The highest BCUT2D eigenvalue weighted by molar-refractivity contribution is 5.91. The van der Waals surface area contributed by atoms with Crippen LogP contribution in [-0.2, 0) is 0 Å². The van der Waals surface area contributed by atoms with Crippen molar-refractivity contribution in [3.05, 3.63) is 17.8 Å². The third-order valence-corrected chi connectivity index (χ3v) is 3.48. The standard InChI is InChI=1S/C13H22N6O/c1-15-13(20)11-3-4-12(17-16-11)19-9-7-18(8-10-19)6-2-5-14/h3-4H,2,5-10,14H2,1H3,(H,15,20). The Balaban J connectivity index is 1.89. The number of anilines is 1. The quantitative estimate of drug-likeness (QED) is 0.741. The summed E-state index contributed by atoms with van der Waals surface area (Å²) in [6.45, 7) is 5.69. The molecule has 1 saturated heterocycles. The Labute approximate surface area is 119 Å². The van der Waals surface area contributed by atoms with Gasteiger partial charge in [-0.15, -0.1) is 10.2 Å². The number of aromatic nitrogens is 2. The Hall–Kier alpha value is -1.73. The van der Waals surface area contributed by atoms with Gasteiger partial charge in [-0.05, 0) is 31.6 Å². The van der Waals surface area contributed by atoms with E-state index in [-0.39, 0.29) is 5.91 Å². The second-order valence-electron chi connectivity index (χ2n) is 4.83. The highest BCUT2D eigenvalue weighted by Crippen LogP contribution is 2.12. The normalized spacial score (nSPS) is 16.2. The van der Waals surface area contributed by atoms with Gasteiger partial charge in [0, 0.05) is 33.2 Å². The topological polar surface area (TPSA) is 87.4 Å². The van der Waals surface area contributed by atoms with Crippen molar-refractivity contribution < 1.29 is 4.79 Å². The van der Waals surface area contributed by atoms with Gasteiger partial charge in [0.05, 0.1) is 0 Å². The summed E-state index contributed by atoms with van der Waals surface area (Å²) >= 11 is 0. The van der Waals surface area contributed by atoms with Gasteiger partial charge in [-0.25, -0.2) is 0 Å². The van der Waals surface area contributed by atoms with Gasteiger partial charge in [-0.1, -0.05) is 0 Å². The van der Waals surface area contributed by atoms with Crippen LogP contribution in [0.4, 0.5) is 5.82 Å². The summed E-state index contributed by atoms with van der Waals surface area (Å²) in [4.78, 5) is 16.0. The molecule has 0 unspecified atom stereocenters. The van der Waals surface area contributed by atoms with E-state index in [4.69, 9.17) is 5.73 Å². The molecular weight excluding hydrogens is 256 g/mol. The molecule has 0 radical (unpaired) electrons. The summed E-state index contributed by atoms with van der Waals surface area (Å²) in [6, 6.07) is 3.56. The number of piperazine rings is 1. The maximum absolute atomic E-state index is 11.4. The van der Waals surface area contributed by atoms with Crippen LogP contribution in [0.5, 0.6) is 0 Å². The summed E-state index contributed by atoms with van der Waals surface area (Å²) in [5.74, 6) is 0.617. The van der Waals surface area contributed by atoms with Crippen LogP contribution in [0.3, 0.4) is 0 Å². The van der Waals surface area contributed by atoms with Crippen molar-refractivity contribution in [1.29, 1.82) is 0 Å². The summed E-state index contributed by atoms with van der Waals surface area (Å²) in [5, 5.41) is 10.6. The summed E-state index contributed by atoms with van der Waals surface area (Å²) < 4.78 is 0. The molecule has 1 fully saturated rings. The zero-order valence-corrected chi connectivity index (χ0v) is 11.9. The molecular formula is C13H22N6O. The molecule has 1 aliphatic rings. The second-order valence-corrected chi connectivity index (χ2v) is 4.83. The van der Waals surface area contributed by atoms with Crippen LogP contribution in [-0.4, -0.2) is 67.3 Å². The fourth-order valence-electron chi connectivity index (χ4n) is 2.26. The number of nitrogens with two attached hydrogens (primary N) is 1. The first-order valence-electron chi connectivity index (χ1n) is 6.98. The lowest BCUT2D eigenvalue weighted by Crippen LogP contribution is -2.47. The lowest BCUT2D eigenvalue weighted by Gasteiger charge is -2.35. The van der Waals surface area contributed by atoms with E-state index < -0.39 is 0 Å². The Morgan fingerprint density at radius 2 is 2.05 bits per heavy atom.